The number of fused-ring (bicyclic) bond motifs is 7. The molecule has 0 aromatic heterocycles. The predicted molar refractivity (Wildman–Crippen MR) is 132 cm³/mol. The van der Waals surface area contributed by atoms with E-state index in [0.717, 1.165) is 44.1 Å². The second-order valence-corrected chi connectivity index (χ2v) is 14.2. The van der Waals surface area contributed by atoms with Crippen LogP contribution in [-0.2, 0) is 14.4 Å². The summed E-state index contributed by atoms with van der Waals surface area (Å²) in [5.74, 6) is 0.649. The maximum Gasteiger partial charge on any atom is 0.310 e. The molecule has 4 saturated carbocycles. The molecule has 4 nitrogen and oxygen atoms in total. The SMILES string of the molecule is C[C@H]1[C@H](C)CC[C@]2(C(=O)O)CC[C@]3(C)C(=CC(=O)[C@@H]4[C@@]5(C)CCC(=O)C(C)(C)[C@@H]5CC[C@]43C)[C@H]12. The fourth-order valence-corrected chi connectivity index (χ4v) is 10.5. The average Bonchev–Trinajstić information content (AvgIpc) is 2.74. The monoisotopic (exact) mass is 468 g/mol. The first kappa shape index (κ1) is 24.3. The minimum absolute atomic E-state index is 0.0656. The van der Waals surface area contributed by atoms with Crippen LogP contribution in [0.2, 0.25) is 0 Å². The summed E-state index contributed by atoms with van der Waals surface area (Å²) in [6, 6.07) is 0. The van der Waals surface area contributed by atoms with Crippen molar-refractivity contribution < 1.29 is 19.5 Å². The van der Waals surface area contributed by atoms with Crippen molar-refractivity contribution in [1.82, 2.24) is 0 Å². The van der Waals surface area contributed by atoms with Crippen LogP contribution < -0.4 is 0 Å². The van der Waals surface area contributed by atoms with Crippen LogP contribution in [0.4, 0.5) is 0 Å². The van der Waals surface area contributed by atoms with Gasteiger partial charge in [0.05, 0.1) is 5.41 Å². The van der Waals surface area contributed by atoms with Crippen molar-refractivity contribution in [1.29, 1.82) is 0 Å². The van der Waals surface area contributed by atoms with Gasteiger partial charge >= 0.3 is 5.97 Å². The highest BCUT2D eigenvalue weighted by molar-refractivity contribution is 5.96. The largest absolute Gasteiger partial charge is 0.481 e. The molecule has 1 N–H and O–H groups in total. The lowest BCUT2D eigenvalue weighted by Gasteiger charge is -2.69. The Bertz CT molecular complexity index is 992. The molecule has 0 aliphatic heterocycles. The first-order chi connectivity index (χ1) is 15.7. The van der Waals surface area contributed by atoms with Gasteiger partial charge in [-0.25, -0.2) is 0 Å². The van der Waals surface area contributed by atoms with Crippen LogP contribution in [0.5, 0.6) is 0 Å². The number of hydrogen-bond donors (Lipinski definition) is 1. The van der Waals surface area contributed by atoms with Gasteiger partial charge < -0.3 is 5.11 Å². The van der Waals surface area contributed by atoms with E-state index in [1.807, 2.05) is 6.08 Å². The van der Waals surface area contributed by atoms with Crippen molar-refractivity contribution in [2.75, 3.05) is 0 Å². The number of carboxylic acids is 1. The van der Waals surface area contributed by atoms with Gasteiger partial charge in [-0.15, -0.1) is 0 Å². The molecule has 0 radical (unpaired) electrons. The molecule has 4 heteroatoms. The fraction of sp³-hybridized carbons (Fsp3) is 0.833. The Hall–Kier alpha value is -1.45. The zero-order chi connectivity index (χ0) is 25.1. The van der Waals surface area contributed by atoms with Gasteiger partial charge in [0.15, 0.2) is 5.78 Å². The molecule has 9 atom stereocenters. The molecule has 188 valence electrons. The van der Waals surface area contributed by atoms with Gasteiger partial charge in [0.2, 0.25) is 0 Å². The van der Waals surface area contributed by atoms with Crippen LogP contribution in [0, 0.1) is 56.7 Å². The van der Waals surface area contributed by atoms with Crippen molar-refractivity contribution in [2.45, 2.75) is 99.8 Å². The molecular formula is C30H44O4. The molecule has 5 aliphatic carbocycles. The third-order valence-electron chi connectivity index (χ3n) is 12.9. The summed E-state index contributed by atoms with van der Waals surface area (Å²) in [7, 11) is 0. The quantitative estimate of drug-likeness (QED) is 0.478. The lowest BCUT2D eigenvalue weighted by atomic mass is 9.33. The third-order valence-corrected chi connectivity index (χ3v) is 12.9. The molecule has 0 aromatic rings. The number of aliphatic carboxylic acids is 1. The lowest BCUT2D eigenvalue weighted by molar-refractivity contribution is -0.192. The van der Waals surface area contributed by atoms with Gasteiger partial charge in [-0.05, 0) is 90.9 Å². The molecule has 4 fully saturated rings. The van der Waals surface area contributed by atoms with E-state index in [-0.39, 0.29) is 45.7 Å². The molecule has 0 heterocycles. The average molecular weight is 469 g/mol. The van der Waals surface area contributed by atoms with Crippen LogP contribution in [-0.4, -0.2) is 22.6 Å². The van der Waals surface area contributed by atoms with E-state index >= 15 is 0 Å². The molecule has 0 bridgehead atoms. The van der Waals surface area contributed by atoms with E-state index < -0.39 is 16.8 Å². The highest BCUT2D eigenvalue weighted by Crippen LogP contribution is 2.74. The zero-order valence-corrected chi connectivity index (χ0v) is 22.3. The van der Waals surface area contributed by atoms with Gasteiger partial charge in [0, 0.05) is 17.8 Å². The molecule has 0 amide bonds. The summed E-state index contributed by atoms with van der Waals surface area (Å²) >= 11 is 0. The van der Waals surface area contributed by atoms with Crippen molar-refractivity contribution >= 4 is 17.5 Å². The van der Waals surface area contributed by atoms with Gasteiger partial charge in [0.1, 0.15) is 5.78 Å². The number of carbonyl (C=O) groups is 3. The van der Waals surface area contributed by atoms with E-state index in [1.165, 1.54) is 0 Å². The van der Waals surface area contributed by atoms with Crippen molar-refractivity contribution in [3.63, 3.8) is 0 Å². The standard InChI is InChI=1S/C30H44O4/c1-17-8-13-30(25(33)34)15-14-28(6)19(23(30)18(17)2)16-20(31)24-27(5)11-10-22(32)26(3,4)21(27)9-12-29(24,28)7/h16-18,21,23-24H,8-15H2,1-7H3,(H,33,34)/t17-,18+,21+,23+,24-,27+,28-,29-,30+/m1/s1. The van der Waals surface area contributed by atoms with Crippen LogP contribution in [0.3, 0.4) is 0 Å². The van der Waals surface area contributed by atoms with E-state index in [4.69, 9.17) is 0 Å². The first-order valence-corrected chi connectivity index (χ1v) is 13.7. The highest BCUT2D eigenvalue weighted by atomic mass is 16.4. The number of carbonyl (C=O) groups excluding carboxylic acids is 2. The van der Waals surface area contributed by atoms with Crippen LogP contribution >= 0.6 is 0 Å². The molecule has 0 spiro atoms. The molecule has 0 unspecified atom stereocenters. The minimum atomic E-state index is -0.735. The maximum atomic E-state index is 14.2. The van der Waals surface area contributed by atoms with Crippen LogP contribution in [0.15, 0.2) is 11.6 Å². The molecular weight excluding hydrogens is 424 g/mol. The zero-order valence-electron chi connectivity index (χ0n) is 22.3. The van der Waals surface area contributed by atoms with E-state index in [2.05, 4.69) is 48.5 Å². The van der Waals surface area contributed by atoms with Crippen molar-refractivity contribution in [2.24, 2.45) is 56.7 Å². The van der Waals surface area contributed by atoms with E-state index in [9.17, 15) is 19.5 Å². The summed E-state index contributed by atoms with van der Waals surface area (Å²) in [6.07, 6.45) is 8.42. The Morgan fingerprint density at radius 3 is 2.26 bits per heavy atom. The highest BCUT2D eigenvalue weighted by Gasteiger charge is 2.71. The van der Waals surface area contributed by atoms with Crippen molar-refractivity contribution in [3.8, 4) is 0 Å². The Kier molecular flexibility index (Phi) is 5.04. The van der Waals surface area contributed by atoms with E-state index in [0.29, 0.717) is 24.5 Å². The normalized spacial score (nSPS) is 52.0. The smallest absolute Gasteiger partial charge is 0.310 e. The lowest BCUT2D eigenvalue weighted by Crippen LogP contribution is -2.67. The second-order valence-electron chi connectivity index (χ2n) is 14.2. The number of Topliss-reactive ketones (excluding diaryl/α,β-unsaturated/α-hetero) is 1. The summed E-state index contributed by atoms with van der Waals surface area (Å²) in [5.41, 5.74) is -0.559. The minimum Gasteiger partial charge on any atom is -0.481 e. The van der Waals surface area contributed by atoms with Gasteiger partial charge in [0.25, 0.3) is 0 Å². The summed E-state index contributed by atoms with van der Waals surface area (Å²) in [6.45, 7) is 15.7. The summed E-state index contributed by atoms with van der Waals surface area (Å²) in [5, 5.41) is 10.5. The Morgan fingerprint density at radius 1 is 0.941 bits per heavy atom. The molecule has 5 aliphatic rings. The Labute approximate surface area is 205 Å². The number of ketones is 2. The first-order valence-electron chi connectivity index (χ1n) is 13.7. The fourth-order valence-electron chi connectivity index (χ4n) is 10.5. The summed E-state index contributed by atoms with van der Waals surface area (Å²) < 4.78 is 0. The number of rotatable bonds is 1. The van der Waals surface area contributed by atoms with Crippen LogP contribution in [0.1, 0.15) is 99.8 Å². The van der Waals surface area contributed by atoms with Crippen molar-refractivity contribution in [3.05, 3.63) is 11.6 Å². The molecule has 0 aromatic carbocycles. The van der Waals surface area contributed by atoms with Crippen LogP contribution in [0.25, 0.3) is 0 Å². The Balaban J connectivity index is 1.67. The van der Waals surface area contributed by atoms with Gasteiger partial charge in [-0.1, -0.05) is 54.0 Å². The predicted octanol–water partition coefficient (Wildman–Crippen LogP) is 6.48. The number of allylic oxidation sites excluding steroid dienone is 2. The Morgan fingerprint density at radius 2 is 1.62 bits per heavy atom. The molecule has 0 saturated heterocycles. The summed E-state index contributed by atoms with van der Waals surface area (Å²) in [4.78, 5) is 39.9. The van der Waals surface area contributed by atoms with Gasteiger partial charge in [-0.3, -0.25) is 14.4 Å². The number of hydrogen-bond acceptors (Lipinski definition) is 3. The van der Waals surface area contributed by atoms with E-state index in [1.54, 1.807) is 0 Å². The molecule has 5 rings (SSSR count). The maximum absolute atomic E-state index is 14.2. The second kappa shape index (κ2) is 7.07. The number of carboxylic acid groups (broad SMARTS) is 1. The molecule has 34 heavy (non-hydrogen) atoms. The van der Waals surface area contributed by atoms with Gasteiger partial charge in [-0.2, -0.15) is 0 Å². The third kappa shape index (κ3) is 2.64. The topological polar surface area (TPSA) is 71.4 Å².